The third kappa shape index (κ3) is 4.79. The number of aromatic nitrogens is 2. The van der Waals surface area contributed by atoms with Gasteiger partial charge in [-0.1, -0.05) is 18.2 Å². The number of esters is 1. The summed E-state index contributed by atoms with van der Waals surface area (Å²) in [5, 5.41) is 8.25. The predicted molar refractivity (Wildman–Crippen MR) is 106 cm³/mol. The molecule has 0 fully saturated rings. The van der Waals surface area contributed by atoms with E-state index in [2.05, 4.69) is 20.2 Å². The van der Waals surface area contributed by atoms with E-state index in [4.69, 9.17) is 4.74 Å². The van der Waals surface area contributed by atoms with Crippen molar-refractivity contribution in [1.82, 2.24) is 10.2 Å². The van der Waals surface area contributed by atoms with E-state index in [0.717, 1.165) is 6.20 Å². The van der Waals surface area contributed by atoms with Gasteiger partial charge in [-0.05, 0) is 43.3 Å². The Hall–Kier alpha value is -3.66. The van der Waals surface area contributed by atoms with E-state index in [-0.39, 0.29) is 17.2 Å². The van der Waals surface area contributed by atoms with Gasteiger partial charge in [0, 0.05) is 11.4 Å². The topological polar surface area (TPSA) is 130 Å². The van der Waals surface area contributed by atoms with E-state index in [1.807, 2.05) is 0 Å². The van der Waals surface area contributed by atoms with Gasteiger partial charge in [0.1, 0.15) is 0 Å². The summed E-state index contributed by atoms with van der Waals surface area (Å²) < 4.78 is 32.5. The number of benzene rings is 2. The van der Waals surface area contributed by atoms with Crippen molar-refractivity contribution in [2.24, 2.45) is 0 Å². The van der Waals surface area contributed by atoms with Gasteiger partial charge in [-0.25, -0.2) is 4.79 Å². The Kier molecular flexibility index (Phi) is 5.93. The maximum atomic E-state index is 12.6. The van der Waals surface area contributed by atoms with Crippen molar-refractivity contribution in [2.75, 3.05) is 16.6 Å². The van der Waals surface area contributed by atoms with Gasteiger partial charge in [-0.15, -0.1) is 0 Å². The van der Waals surface area contributed by atoms with Crippen molar-refractivity contribution in [3.63, 3.8) is 0 Å². The van der Waals surface area contributed by atoms with E-state index in [1.165, 1.54) is 24.3 Å². The zero-order chi connectivity index (χ0) is 20.9. The summed E-state index contributed by atoms with van der Waals surface area (Å²) in [5.41, 5.74) is 0.915. The molecule has 3 rings (SSSR count). The summed E-state index contributed by atoms with van der Waals surface area (Å²) in [7, 11) is -4.05. The Morgan fingerprint density at radius 2 is 1.72 bits per heavy atom. The number of rotatable bonds is 7. The molecular weight excluding hydrogens is 396 g/mol. The second-order valence-electron chi connectivity index (χ2n) is 5.84. The molecular formula is C19H18N4O5S. The standard InChI is InChI=1S/C19H18N4O5S/c1-2-28-19(25)13-8-10-14(11-9-13)21-17(24)16-12-20-22-18(16)29(26,27)23-15-6-4-3-5-7-15/h3-12,23H,2H2,1H3,(H,20,22)(H,21,24). The quantitative estimate of drug-likeness (QED) is 0.510. The number of sulfonamides is 1. The summed E-state index contributed by atoms with van der Waals surface area (Å²) in [6.07, 6.45) is 1.13. The number of carbonyl (C=O) groups excluding carboxylic acids is 2. The minimum atomic E-state index is -4.05. The lowest BCUT2D eigenvalue weighted by molar-refractivity contribution is 0.0526. The molecule has 0 unspecified atom stereocenters. The molecule has 1 amide bonds. The van der Waals surface area contributed by atoms with Gasteiger partial charge < -0.3 is 10.1 Å². The number of nitrogens with zero attached hydrogens (tertiary/aromatic N) is 1. The second-order valence-corrected chi connectivity index (χ2v) is 7.46. The highest BCUT2D eigenvalue weighted by Gasteiger charge is 2.25. The Morgan fingerprint density at radius 1 is 1.03 bits per heavy atom. The van der Waals surface area contributed by atoms with Crippen LogP contribution in [0.1, 0.15) is 27.6 Å². The van der Waals surface area contributed by atoms with Crippen molar-refractivity contribution in [2.45, 2.75) is 11.9 Å². The number of hydrogen-bond donors (Lipinski definition) is 3. The van der Waals surface area contributed by atoms with Crippen LogP contribution in [0.15, 0.2) is 65.8 Å². The van der Waals surface area contributed by atoms with Crippen LogP contribution < -0.4 is 10.0 Å². The molecule has 0 bridgehead atoms. The van der Waals surface area contributed by atoms with E-state index in [0.29, 0.717) is 16.9 Å². The van der Waals surface area contributed by atoms with Gasteiger partial charge in [0.2, 0.25) is 0 Å². The SMILES string of the molecule is CCOC(=O)c1ccc(NC(=O)c2cn[nH]c2S(=O)(=O)Nc2ccccc2)cc1. The normalized spacial score (nSPS) is 10.9. The van der Waals surface area contributed by atoms with Crippen LogP contribution in [-0.2, 0) is 14.8 Å². The lowest BCUT2D eigenvalue weighted by atomic mass is 10.2. The van der Waals surface area contributed by atoms with Crippen LogP contribution >= 0.6 is 0 Å². The Balaban J connectivity index is 1.76. The first kappa shape index (κ1) is 20.1. The number of H-pyrrole nitrogens is 1. The molecule has 150 valence electrons. The number of anilines is 2. The third-order valence-corrected chi connectivity index (χ3v) is 5.15. The van der Waals surface area contributed by atoms with Crippen LogP contribution in [0.4, 0.5) is 11.4 Å². The van der Waals surface area contributed by atoms with Crippen molar-refractivity contribution >= 4 is 33.3 Å². The number of carbonyl (C=O) groups is 2. The first-order valence-electron chi connectivity index (χ1n) is 8.60. The molecule has 1 aromatic heterocycles. The molecule has 0 aliphatic rings. The maximum absolute atomic E-state index is 12.6. The molecule has 2 aromatic carbocycles. The molecule has 0 spiro atoms. The summed E-state index contributed by atoms with van der Waals surface area (Å²) in [4.78, 5) is 24.2. The number of hydrogen-bond acceptors (Lipinski definition) is 6. The van der Waals surface area contributed by atoms with E-state index in [1.54, 1.807) is 37.3 Å². The molecule has 0 radical (unpaired) electrons. The van der Waals surface area contributed by atoms with Crippen molar-refractivity contribution < 1.29 is 22.7 Å². The summed E-state index contributed by atoms with van der Waals surface area (Å²) in [5.74, 6) is -1.14. The summed E-state index contributed by atoms with van der Waals surface area (Å²) in [6.45, 7) is 1.96. The predicted octanol–water partition coefficient (Wildman–Crippen LogP) is 2.64. The maximum Gasteiger partial charge on any atom is 0.338 e. The fraction of sp³-hybridized carbons (Fsp3) is 0.105. The lowest BCUT2D eigenvalue weighted by Crippen LogP contribution is -2.19. The fourth-order valence-corrected chi connectivity index (χ4v) is 3.61. The van der Waals surface area contributed by atoms with Crippen molar-refractivity contribution in [3.8, 4) is 0 Å². The fourth-order valence-electron chi connectivity index (χ4n) is 2.46. The Morgan fingerprint density at radius 3 is 2.38 bits per heavy atom. The van der Waals surface area contributed by atoms with Crippen LogP contribution in [0.2, 0.25) is 0 Å². The van der Waals surface area contributed by atoms with Crippen LogP contribution in [-0.4, -0.2) is 37.1 Å². The van der Waals surface area contributed by atoms with Gasteiger partial charge in [0.25, 0.3) is 15.9 Å². The molecule has 29 heavy (non-hydrogen) atoms. The molecule has 0 atom stereocenters. The van der Waals surface area contributed by atoms with Gasteiger partial charge in [-0.3, -0.25) is 14.6 Å². The smallest absolute Gasteiger partial charge is 0.338 e. The van der Waals surface area contributed by atoms with E-state index in [9.17, 15) is 18.0 Å². The largest absolute Gasteiger partial charge is 0.462 e. The van der Waals surface area contributed by atoms with Gasteiger partial charge in [0.05, 0.1) is 23.9 Å². The lowest BCUT2D eigenvalue weighted by Gasteiger charge is -2.09. The number of para-hydroxylation sites is 1. The minimum absolute atomic E-state index is 0.150. The van der Waals surface area contributed by atoms with Gasteiger partial charge in [0.15, 0.2) is 5.03 Å². The zero-order valence-corrected chi connectivity index (χ0v) is 16.2. The van der Waals surface area contributed by atoms with E-state index < -0.39 is 21.9 Å². The number of ether oxygens (including phenoxy) is 1. The minimum Gasteiger partial charge on any atom is -0.462 e. The molecule has 0 saturated heterocycles. The molecule has 10 heteroatoms. The highest BCUT2D eigenvalue weighted by atomic mass is 32.2. The number of aromatic amines is 1. The third-order valence-electron chi connectivity index (χ3n) is 3.80. The number of nitrogens with one attached hydrogen (secondary N) is 3. The summed E-state index contributed by atoms with van der Waals surface area (Å²) in [6, 6.07) is 14.3. The monoisotopic (exact) mass is 414 g/mol. The van der Waals surface area contributed by atoms with Crippen LogP contribution in [0.3, 0.4) is 0 Å². The molecule has 3 N–H and O–H groups in total. The molecule has 1 heterocycles. The second kappa shape index (κ2) is 8.57. The first-order valence-corrected chi connectivity index (χ1v) is 10.1. The molecule has 3 aromatic rings. The first-order chi connectivity index (χ1) is 13.9. The van der Waals surface area contributed by atoms with Gasteiger partial charge in [-0.2, -0.15) is 13.5 Å². The Labute approximate surface area is 167 Å². The highest BCUT2D eigenvalue weighted by molar-refractivity contribution is 7.92. The average Bonchev–Trinajstić information content (AvgIpc) is 3.20. The van der Waals surface area contributed by atoms with Crippen LogP contribution in [0, 0.1) is 0 Å². The highest BCUT2D eigenvalue weighted by Crippen LogP contribution is 2.19. The van der Waals surface area contributed by atoms with Crippen molar-refractivity contribution in [3.05, 3.63) is 71.9 Å². The molecule has 0 aliphatic carbocycles. The molecule has 9 nitrogen and oxygen atoms in total. The average molecular weight is 414 g/mol. The van der Waals surface area contributed by atoms with Crippen molar-refractivity contribution in [1.29, 1.82) is 0 Å². The van der Waals surface area contributed by atoms with Gasteiger partial charge >= 0.3 is 5.97 Å². The van der Waals surface area contributed by atoms with Crippen LogP contribution in [0.25, 0.3) is 0 Å². The number of amides is 1. The summed E-state index contributed by atoms with van der Waals surface area (Å²) >= 11 is 0. The molecule has 0 aliphatic heterocycles. The molecule has 0 saturated carbocycles. The zero-order valence-electron chi connectivity index (χ0n) is 15.4. The van der Waals surface area contributed by atoms with E-state index >= 15 is 0 Å². The van der Waals surface area contributed by atoms with Crippen LogP contribution in [0.5, 0.6) is 0 Å². The Bertz CT molecular complexity index is 1110.